The van der Waals surface area contributed by atoms with Crippen LogP contribution >= 0.6 is 0 Å². The van der Waals surface area contributed by atoms with Gasteiger partial charge in [-0.25, -0.2) is 4.79 Å². The number of unbranched alkanes of at least 4 members (excludes halogenated alkanes) is 16. The first-order valence-corrected chi connectivity index (χ1v) is 13.6. The van der Waals surface area contributed by atoms with Crippen molar-refractivity contribution in [3.8, 4) is 0 Å². The smallest absolute Gasteiger partial charge is 0.434 e. The maximum Gasteiger partial charge on any atom is 0.508 e. The van der Waals surface area contributed by atoms with Gasteiger partial charge in [-0.05, 0) is 44.9 Å². The van der Waals surface area contributed by atoms with Crippen LogP contribution in [0.15, 0.2) is 12.2 Å². The molecule has 0 saturated heterocycles. The SMILES string of the molecule is C.CCCCCCCC/C=C/CCCCCCCCCCCCOC(=O)OC(C)C(C)C. The van der Waals surface area contributed by atoms with Gasteiger partial charge in [0.1, 0.15) is 6.10 Å². The van der Waals surface area contributed by atoms with Crippen molar-refractivity contribution in [3.05, 3.63) is 12.2 Å². The minimum absolute atomic E-state index is 0. The molecule has 0 aromatic rings. The average molecular weight is 455 g/mol. The highest BCUT2D eigenvalue weighted by atomic mass is 16.7. The summed E-state index contributed by atoms with van der Waals surface area (Å²) in [7, 11) is 0. The molecule has 3 heteroatoms. The van der Waals surface area contributed by atoms with Gasteiger partial charge in [0.15, 0.2) is 0 Å². The van der Waals surface area contributed by atoms with Crippen LogP contribution in [0.4, 0.5) is 4.79 Å². The zero-order chi connectivity index (χ0) is 23.0. The van der Waals surface area contributed by atoms with E-state index in [1.54, 1.807) is 0 Å². The molecule has 0 heterocycles. The molecule has 3 nitrogen and oxygen atoms in total. The van der Waals surface area contributed by atoms with Gasteiger partial charge in [0.25, 0.3) is 0 Å². The molecule has 0 saturated carbocycles. The van der Waals surface area contributed by atoms with Crippen molar-refractivity contribution in [2.45, 2.75) is 157 Å². The molecular weight excluding hydrogens is 396 g/mol. The summed E-state index contributed by atoms with van der Waals surface area (Å²) in [4.78, 5) is 11.5. The molecule has 0 N–H and O–H groups in total. The van der Waals surface area contributed by atoms with E-state index in [0.717, 1.165) is 12.8 Å². The number of hydrogen-bond acceptors (Lipinski definition) is 3. The molecule has 0 fully saturated rings. The summed E-state index contributed by atoms with van der Waals surface area (Å²) in [5.74, 6) is 0.323. The Labute approximate surface area is 202 Å². The molecule has 192 valence electrons. The van der Waals surface area contributed by atoms with Gasteiger partial charge in [0.2, 0.25) is 0 Å². The van der Waals surface area contributed by atoms with Crippen LogP contribution in [-0.2, 0) is 9.47 Å². The Kier molecular flexibility index (Phi) is 27.2. The van der Waals surface area contributed by atoms with Crippen molar-refractivity contribution < 1.29 is 14.3 Å². The lowest BCUT2D eigenvalue weighted by atomic mass is 10.1. The maximum absolute atomic E-state index is 11.5. The lowest BCUT2D eigenvalue weighted by Crippen LogP contribution is -2.21. The number of hydrogen-bond donors (Lipinski definition) is 0. The Morgan fingerprint density at radius 1 is 0.656 bits per heavy atom. The normalized spacial score (nSPS) is 12.2. The lowest BCUT2D eigenvalue weighted by molar-refractivity contribution is 0.0140. The molecule has 0 rings (SSSR count). The van der Waals surface area contributed by atoms with E-state index in [1.165, 1.54) is 103 Å². The minimum Gasteiger partial charge on any atom is -0.434 e. The van der Waals surface area contributed by atoms with Crippen molar-refractivity contribution >= 4 is 6.16 Å². The summed E-state index contributed by atoms with van der Waals surface area (Å²) in [6, 6.07) is 0. The second-order valence-corrected chi connectivity index (χ2v) is 9.52. The van der Waals surface area contributed by atoms with Crippen LogP contribution in [0.2, 0.25) is 0 Å². The van der Waals surface area contributed by atoms with Crippen LogP contribution in [0.25, 0.3) is 0 Å². The highest BCUT2D eigenvalue weighted by Gasteiger charge is 2.13. The number of ether oxygens (including phenoxy) is 2. The van der Waals surface area contributed by atoms with Crippen molar-refractivity contribution in [1.82, 2.24) is 0 Å². The Balaban J connectivity index is 0. The van der Waals surface area contributed by atoms with E-state index in [-0.39, 0.29) is 13.5 Å². The monoisotopic (exact) mass is 454 g/mol. The van der Waals surface area contributed by atoms with Gasteiger partial charge in [-0.1, -0.05) is 124 Å². The molecule has 0 aliphatic heterocycles. The average Bonchev–Trinajstić information content (AvgIpc) is 2.74. The largest absolute Gasteiger partial charge is 0.508 e. The molecule has 32 heavy (non-hydrogen) atoms. The van der Waals surface area contributed by atoms with Crippen LogP contribution in [-0.4, -0.2) is 18.9 Å². The first-order chi connectivity index (χ1) is 15.1. The van der Waals surface area contributed by atoms with E-state index in [9.17, 15) is 4.79 Å². The summed E-state index contributed by atoms with van der Waals surface area (Å²) in [5, 5.41) is 0. The fraction of sp³-hybridized carbons (Fsp3) is 0.897. The molecule has 0 aromatic carbocycles. The van der Waals surface area contributed by atoms with Gasteiger partial charge >= 0.3 is 6.16 Å². The second-order valence-electron chi connectivity index (χ2n) is 9.52. The Morgan fingerprint density at radius 2 is 1.06 bits per heavy atom. The lowest BCUT2D eigenvalue weighted by Gasteiger charge is -2.16. The van der Waals surface area contributed by atoms with E-state index in [1.807, 2.05) is 20.8 Å². The fourth-order valence-corrected chi connectivity index (χ4v) is 3.53. The topological polar surface area (TPSA) is 35.5 Å². The van der Waals surface area contributed by atoms with E-state index in [0.29, 0.717) is 12.5 Å². The van der Waals surface area contributed by atoms with Crippen molar-refractivity contribution in [2.75, 3.05) is 6.61 Å². The molecule has 0 aromatic heterocycles. The summed E-state index contributed by atoms with van der Waals surface area (Å²) in [6.45, 7) is 8.74. The van der Waals surface area contributed by atoms with Crippen LogP contribution in [0, 0.1) is 5.92 Å². The fourth-order valence-electron chi connectivity index (χ4n) is 3.53. The standard InChI is InChI=1S/C28H54O3.CH4/c1-5-6-7-8-9-10-11-12-13-14-15-16-17-18-19-20-21-22-23-24-25-30-28(29)31-27(4)26(2)3;/h12-13,26-27H,5-11,14-25H2,1-4H3;1H4/b13-12+;. The van der Waals surface area contributed by atoms with Gasteiger partial charge in [0.05, 0.1) is 6.61 Å². The molecule has 0 bridgehead atoms. The Hall–Kier alpha value is -0.990. The first kappa shape index (κ1) is 33.2. The minimum atomic E-state index is -0.519. The van der Waals surface area contributed by atoms with Crippen molar-refractivity contribution in [1.29, 1.82) is 0 Å². The second kappa shape index (κ2) is 26.3. The molecule has 0 aliphatic rings. The van der Waals surface area contributed by atoms with Gasteiger partial charge in [-0.3, -0.25) is 0 Å². The molecular formula is C29H58O3. The molecule has 0 spiro atoms. The van der Waals surface area contributed by atoms with Crippen LogP contribution in [0.3, 0.4) is 0 Å². The number of rotatable bonds is 22. The third-order valence-corrected chi connectivity index (χ3v) is 6.10. The first-order valence-electron chi connectivity index (χ1n) is 13.6. The van der Waals surface area contributed by atoms with E-state index in [2.05, 4.69) is 19.1 Å². The van der Waals surface area contributed by atoms with Gasteiger partial charge in [-0.2, -0.15) is 0 Å². The maximum atomic E-state index is 11.5. The number of carbonyl (C=O) groups excluding carboxylic acids is 1. The zero-order valence-electron chi connectivity index (χ0n) is 21.5. The number of carbonyl (C=O) groups is 1. The third-order valence-electron chi connectivity index (χ3n) is 6.10. The van der Waals surface area contributed by atoms with Crippen LogP contribution in [0.1, 0.15) is 151 Å². The molecule has 0 aliphatic carbocycles. The third kappa shape index (κ3) is 25.3. The van der Waals surface area contributed by atoms with E-state index in [4.69, 9.17) is 9.47 Å². The molecule has 1 atom stereocenters. The summed E-state index contributed by atoms with van der Waals surface area (Å²) >= 11 is 0. The Morgan fingerprint density at radius 3 is 1.50 bits per heavy atom. The summed E-state index contributed by atoms with van der Waals surface area (Å²) in [6.07, 6.45) is 27.9. The van der Waals surface area contributed by atoms with E-state index < -0.39 is 6.16 Å². The van der Waals surface area contributed by atoms with Crippen LogP contribution < -0.4 is 0 Å². The van der Waals surface area contributed by atoms with Crippen molar-refractivity contribution in [3.63, 3.8) is 0 Å². The predicted molar refractivity (Wildman–Crippen MR) is 141 cm³/mol. The quantitative estimate of drug-likeness (QED) is 0.0926. The Bertz CT molecular complexity index is 403. The highest BCUT2D eigenvalue weighted by molar-refractivity contribution is 5.60. The summed E-state index contributed by atoms with van der Waals surface area (Å²) < 4.78 is 10.3. The van der Waals surface area contributed by atoms with Gasteiger partial charge < -0.3 is 9.47 Å². The van der Waals surface area contributed by atoms with Crippen molar-refractivity contribution in [2.24, 2.45) is 5.92 Å². The molecule has 0 radical (unpaired) electrons. The predicted octanol–water partition coefficient (Wildman–Crippen LogP) is 10.4. The highest BCUT2D eigenvalue weighted by Crippen LogP contribution is 2.13. The van der Waals surface area contributed by atoms with Gasteiger partial charge in [0, 0.05) is 0 Å². The molecule has 1 unspecified atom stereocenters. The van der Waals surface area contributed by atoms with E-state index >= 15 is 0 Å². The van der Waals surface area contributed by atoms with Gasteiger partial charge in [-0.15, -0.1) is 0 Å². The number of allylic oxidation sites excluding steroid dienone is 2. The molecule has 0 amide bonds. The summed E-state index contributed by atoms with van der Waals surface area (Å²) in [5.41, 5.74) is 0. The van der Waals surface area contributed by atoms with Crippen LogP contribution in [0.5, 0.6) is 0 Å². The zero-order valence-corrected chi connectivity index (χ0v) is 21.5.